The van der Waals surface area contributed by atoms with Crippen LogP contribution in [0.4, 0.5) is 0 Å². The number of H-pyrrole nitrogens is 1. The van der Waals surface area contributed by atoms with Crippen LogP contribution >= 0.6 is 0 Å². The van der Waals surface area contributed by atoms with E-state index in [2.05, 4.69) is 15.5 Å². The van der Waals surface area contributed by atoms with Gasteiger partial charge in [-0.05, 0) is 26.3 Å². The predicted octanol–water partition coefficient (Wildman–Crippen LogP) is -0.503. The third-order valence-corrected chi connectivity index (χ3v) is 2.35. The summed E-state index contributed by atoms with van der Waals surface area (Å²) in [7, 11) is 0. The number of hydrogen-bond acceptors (Lipinski definition) is 4. The molecule has 0 aliphatic rings. The van der Waals surface area contributed by atoms with Gasteiger partial charge in [0.2, 0.25) is 0 Å². The van der Waals surface area contributed by atoms with Crippen molar-refractivity contribution < 1.29 is 9.90 Å². The van der Waals surface area contributed by atoms with Crippen LogP contribution in [0.25, 0.3) is 0 Å². The normalized spacial score (nSPS) is 12.2. The highest BCUT2D eigenvalue weighted by Gasteiger charge is 2.17. The van der Waals surface area contributed by atoms with E-state index >= 15 is 0 Å². The summed E-state index contributed by atoms with van der Waals surface area (Å²) in [6.07, 6.45) is 0. The molecular formula is C10H15N3O3. The van der Waals surface area contributed by atoms with Crippen molar-refractivity contribution in [1.29, 1.82) is 0 Å². The van der Waals surface area contributed by atoms with E-state index in [0.29, 0.717) is 11.3 Å². The summed E-state index contributed by atoms with van der Waals surface area (Å²) in [6.45, 7) is 4.84. The van der Waals surface area contributed by atoms with Crippen molar-refractivity contribution in [3.8, 4) is 0 Å². The second-order valence-electron chi connectivity index (χ2n) is 3.70. The van der Waals surface area contributed by atoms with Gasteiger partial charge in [-0.3, -0.25) is 9.59 Å². The number of carbonyl (C=O) groups excluding carboxylic acids is 1. The van der Waals surface area contributed by atoms with Gasteiger partial charge in [0, 0.05) is 6.04 Å². The van der Waals surface area contributed by atoms with Gasteiger partial charge >= 0.3 is 0 Å². The first-order chi connectivity index (χ1) is 7.47. The van der Waals surface area contributed by atoms with Crippen LogP contribution in [0.1, 0.15) is 28.5 Å². The Balaban J connectivity index is 3.09. The lowest BCUT2D eigenvalue weighted by atomic mass is 10.1. The molecule has 0 spiro atoms. The number of aliphatic hydroxyl groups excluding tert-OH is 1. The van der Waals surface area contributed by atoms with Crippen LogP contribution in [0.2, 0.25) is 0 Å². The van der Waals surface area contributed by atoms with E-state index in [1.165, 1.54) is 0 Å². The van der Waals surface area contributed by atoms with Crippen LogP contribution in [0.5, 0.6) is 0 Å². The molecule has 0 saturated heterocycles. The van der Waals surface area contributed by atoms with E-state index in [9.17, 15) is 9.59 Å². The molecule has 1 heterocycles. The van der Waals surface area contributed by atoms with Crippen LogP contribution in [-0.4, -0.2) is 33.9 Å². The molecule has 3 N–H and O–H groups in total. The fraction of sp³-hybridized carbons (Fsp3) is 0.500. The number of nitrogens with one attached hydrogen (secondary N) is 2. The van der Waals surface area contributed by atoms with Gasteiger partial charge in [-0.25, -0.2) is 5.10 Å². The molecule has 1 rings (SSSR count). The highest BCUT2D eigenvalue weighted by atomic mass is 16.3. The van der Waals surface area contributed by atoms with Crippen molar-refractivity contribution in [2.45, 2.75) is 26.8 Å². The first-order valence-corrected chi connectivity index (χ1v) is 4.95. The molecule has 88 valence electrons. The van der Waals surface area contributed by atoms with Gasteiger partial charge in [0.15, 0.2) is 0 Å². The number of carbonyl (C=O) groups is 1. The van der Waals surface area contributed by atoms with Gasteiger partial charge < -0.3 is 10.4 Å². The van der Waals surface area contributed by atoms with Gasteiger partial charge in [-0.2, -0.15) is 5.10 Å². The van der Waals surface area contributed by atoms with Crippen molar-refractivity contribution in [2.75, 3.05) is 6.61 Å². The van der Waals surface area contributed by atoms with E-state index in [-0.39, 0.29) is 18.2 Å². The largest absolute Gasteiger partial charge is 0.394 e. The first-order valence-electron chi connectivity index (χ1n) is 4.95. The Morgan fingerprint density at radius 2 is 2.19 bits per heavy atom. The molecule has 0 fully saturated rings. The Morgan fingerprint density at radius 1 is 1.56 bits per heavy atom. The van der Waals surface area contributed by atoms with E-state index in [1.54, 1.807) is 20.8 Å². The first kappa shape index (κ1) is 12.4. The van der Waals surface area contributed by atoms with Gasteiger partial charge in [0.1, 0.15) is 5.56 Å². The SMILES string of the molecule is Cc1n[nH]c(=O)c(C(=O)N[C@@H](C)CO)c1C. The highest BCUT2D eigenvalue weighted by molar-refractivity contribution is 5.95. The Bertz CT molecular complexity index is 453. The lowest BCUT2D eigenvalue weighted by molar-refractivity contribution is 0.0919. The molecule has 0 aliphatic heterocycles. The smallest absolute Gasteiger partial charge is 0.277 e. The van der Waals surface area contributed by atoms with Crippen LogP contribution < -0.4 is 10.9 Å². The quantitative estimate of drug-likeness (QED) is 0.646. The Hall–Kier alpha value is -1.69. The van der Waals surface area contributed by atoms with E-state index in [4.69, 9.17) is 5.11 Å². The molecule has 0 bridgehead atoms. The van der Waals surface area contributed by atoms with Crippen molar-refractivity contribution in [2.24, 2.45) is 0 Å². The zero-order valence-electron chi connectivity index (χ0n) is 9.50. The number of aliphatic hydroxyl groups is 1. The maximum atomic E-state index is 11.7. The molecule has 1 aromatic rings. The second-order valence-corrected chi connectivity index (χ2v) is 3.70. The molecule has 0 unspecified atom stereocenters. The standard InChI is InChI=1S/C10H15N3O3/c1-5(4-14)11-9(15)8-6(2)7(3)12-13-10(8)16/h5,14H,4H2,1-3H3,(H,11,15)(H,13,16)/t5-/m0/s1. The zero-order chi connectivity index (χ0) is 12.3. The molecule has 0 radical (unpaired) electrons. The third-order valence-electron chi connectivity index (χ3n) is 2.35. The monoisotopic (exact) mass is 225 g/mol. The number of aromatic amines is 1. The summed E-state index contributed by atoms with van der Waals surface area (Å²) in [6, 6.07) is -0.389. The van der Waals surface area contributed by atoms with Crippen molar-refractivity contribution in [3.05, 3.63) is 27.2 Å². The summed E-state index contributed by atoms with van der Waals surface area (Å²) in [5.74, 6) is -0.495. The van der Waals surface area contributed by atoms with Crippen LogP contribution in [0, 0.1) is 13.8 Å². The van der Waals surface area contributed by atoms with Gasteiger partial charge in [0.05, 0.1) is 12.3 Å². The Morgan fingerprint density at radius 3 is 2.75 bits per heavy atom. The summed E-state index contributed by atoms with van der Waals surface area (Å²) in [5, 5.41) is 17.3. The van der Waals surface area contributed by atoms with Crippen molar-refractivity contribution in [3.63, 3.8) is 0 Å². The third kappa shape index (κ3) is 2.46. The summed E-state index contributed by atoms with van der Waals surface area (Å²) >= 11 is 0. The van der Waals surface area contributed by atoms with E-state index in [1.807, 2.05) is 0 Å². The lowest BCUT2D eigenvalue weighted by Crippen LogP contribution is -2.38. The number of rotatable bonds is 3. The molecule has 0 aromatic carbocycles. The summed E-state index contributed by atoms with van der Waals surface area (Å²) in [5.41, 5.74) is 0.673. The molecular weight excluding hydrogens is 210 g/mol. The molecule has 0 saturated carbocycles. The van der Waals surface area contributed by atoms with Crippen molar-refractivity contribution >= 4 is 5.91 Å². The maximum absolute atomic E-state index is 11.7. The van der Waals surface area contributed by atoms with E-state index < -0.39 is 11.5 Å². The predicted molar refractivity (Wildman–Crippen MR) is 58.3 cm³/mol. The average molecular weight is 225 g/mol. The minimum Gasteiger partial charge on any atom is -0.394 e. The highest BCUT2D eigenvalue weighted by Crippen LogP contribution is 2.04. The maximum Gasteiger partial charge on any atom is 0.277 e. The van der Waals surface area contributed by atoms with Gasteiger partial charge in [0.25, 0.3) is 11.5 Å². The van der Waals surface area contributed by atoms with Crippen LogP contribution in [0.3, 0.4) is 0 Å². The lowest BCUT2D eigenvalue weighted by Gasteiger charge is -2.11. The zero-order valence-corrected chi connectivity index (χ0v) is 9.50. The fourth-order valence-corrected chi connectivity index (χ4v) is 1.24. The molecule has 6 nitrogen and oxygen atoms in total. The number of aromatic nitrogens is 2. The molecule has 1 aromatic heterocycles. The molecule has 6 heteroatoms. The average Bonchev–Trinajstić information content (AvgIpc) is 2.24. The Kier molecular flexibility index (Phi) is 3.78. The molecule has 0 aliphatic carbocycles. The van der Waals surface area contributed by atoms with Crippen LogP contribution in [0.15, 0.2) is 4.79 Å². The van der Waals surface area contributed by atoms with Gasteiger partial charge in [-0.1, -0.05) is 0 Å². The van der Waals surface area contributed by atoms with E-state index in [0.717, 1.165) is 0 Å². The van der Waals surface area contributed by atoms with Crippen LogP contribution in [-0.2, 0) is 0 Å². The number of amides is 1. The number of aryl methyl sites for hydroxylation is 1. The topological polar surface area (TPSA) is 95.1 Å². The molecule has 1 atom stereocenters. The molecule has 16 heavy (non-hydrogen) atoms. The fourth-order valence-electron chi connectivity index (χ4n) is 1.24. The minimum atomic E-state index is -0.522. The Labute approximate surface area is 92.7 Å². The van der Waals surface area contributed by atoms with Crippen molar-refractivity contribution in [1.82, 2.24) is 15.5 Å². The summed E-state index contributed by atoms with van der Waals surface area (Å²) in [4.78, 5) is 23.2. The number of hydrogen-bond donors (Lipinski definition) is 3. The summed E-state index contributed by atoms with van der Waals surface area (Å²) < 4.78 is 0. The molecule has 1 amide bonds. The van der Waals surface area contributed by atoms with Gasteiger partial charge in [-0.15, -0.1) is 0 Å². The minimum absolute atomic E-state index is 0.0489. The second kappa shape index (κ2) is 4.89. The number of nitrogens with zero attached hydrogens (tertiary/aromatic N) is 1.